The highest BCUT2D eigenvalue weighted by Crippen LogP contribution is 2.23. The summed E-state index contributed by atoms with van der Waals surface area (Å²) in [6, 6.07) is 0. The summed E-state index contributed by atoms with van der Waals surface area (Å²) in [5.74, 6) is 1.83. The average Bonchev–Trinajstić information content (AvgIpc) is 2.18. The molecular formula is C14H29. The lowest BCUT2D eigenvalue weighted by Crippen LogP contribution is -1.97. The molecule has 0 aromatic rings. The van der Waals surface area contributed by atoms with Gasteiger partial charge in [-0.25, -0.2) is 0 Å². The maximum atomic E-state index is 2.30. The van der Waals surface area contributed by atoms with Crippen molar-refractivity contribution in [2.75, 3.05) is 0 Å². The van der Waals surface area contributed by atoms with Gasteiger partial charge in [0.2, 0.25) is 0 Å². The Morgan fingerprint density at radius 2 is 1.14 bits per heavy atom. The molecule has 0 N–H and O–H groups in total. The zero-order valence-corrected chi connectivity index (χ0v) is 10.6. The lowest BCUT2D eigenvalue weighted by atomic mass is 9.92. The molecular weight excluding hydrogens is 168 g/mol. The summed E-state index contributed by atoms with van der Waals surface area (Å²) in [5.41, 5.74) is 0. The smallest absolute Gasteiger partial charge is 0.0241 e. The van der Waals surface area contributed by atoms with Crippen LogP contribution >= 0.6 is 0 Å². The SMILES string of the molecule is CCCCCCC[C](CCC)CCC. The monoisotopic (exact) mass is 197 g/mol. The molecule has 0 fully saturated rings. The summed E-state index contributed by atoms with van der Waals surface area (Å²) in [7, 11) is 0. The molecule has 85 valence electrons. The van der Waals surface area contributed by atoms with Gasteiger partial charge >= 0.3 is 0 Å². The van der Waals surface area contributed by atoms with Gasteiger partial charge in [-0.15, -0.1) is 0 Å². The highest BCUT2D eigenvalue weighted by molar-refractivity contribution is 4.88. The van der Waals surface area contributed by atoms with Gasteiger partial charge in [-0.1, -0.05) is 65.7 Å². The predicted molar refractivity (Wildman–Crippen MR) is 66.4 cm³/mol. The van der Waals surface area contributed by atoms with Gasteiger partial charge in [0.25, 0.3) is 0 Å². The second-order valence-electron chi connectivity index (χ2n) is 4.41. The molecule has 0 atom stereocenters. The van der Waals surface area contributed by atoms with Gasteiger partial charge in [-0.05, 0) is 25.2 Å². The quantitative estimate of drug-likeness (QED) is 0.404. The molecule has 0 aliphatic rings. The summed E-state index contributed by atoms with van der Waals surface area (Å²) < 4.78 is 0. The van der Waals surface area contributed by atoms with Gasteiger partial charge in [0.1, 0.15) is 0 Å². The largest absolute Gasteiger partial charge is 0.0654 e. The van der Waals surface area contributed by atoms with Crippen molar-refractivity contribution >= 4 is 0 Å². The molecule has 0 aromatic carbocycles. The van der Waals surface area contributed by atoms with E-state index >= 15 is 0 Å². The molecule has 0 heterocycles. The van der Waals surface area contributed by atoms with E-state index in [1.54, 1.807) is 0 Å². The Morgan fingerprint density at radius 1 is 0.571 bits per heavy atom. The topological polar surface area (TPSA) is 0 Å². The molecule has 0 saturated heterocycles. The second kappa shape index (κ2) is 11.1. The van der Waals surface area contributed by atoms with Crippen LogP contribution in [0.2, 0.25) is 0 Å². The van der Waals surface area contributed by atoms with E-state index in [4.69, 9.17) is 0 Å². The van der Waals surface area contributed by atoms with Crippen molar-refractivity contribution in [3.63, 3.8) is 0 Å². The Bertz CT molecular complexity index is 90.2. The van der Waals surface area contributed by atoms with Crippen LogP contribution in [0.15, 0.2) is 0 Å². The third-order valence-corrected chi connectivity index (χ3v) is 2.84. The fourth-order valence-corrected chi connectivity index (χ4v) is 2.06. The first-order valence-electron chi connectivity index (χ1n) is 6.68. The van der Waals surface area contributed by atoms with Crippen molar-refractivity contribution < 1.29 is 0 Å². The minimum absolute atomic E-state index is 1.34. The molecule has 0 unspecified atom stereocenters. The summed E-state index contributed by atoms with van der Waals surface area (Å²) in [6.07, 6.45) is 14.0. The normalized spacial score (nSPS) is 11.1. The molecule has 0 saturated carbocycles. The molecule has 0 aliphatic heterocycles. The van der Waals surface area contributed by atoms with Gasteiger partial charge in [0.15, 0.2) is 0 Å². The molecule has 0 aromatic heterocycles. The van der Waals surface area contributed by atoms with E-state index in [0.717, 1.165) is 0 Å². The third-order valence-electron chi connectivity index (χ3n) is 2.84. The molecule has 0 heteroatoms. The Morgan fingerprint density at radius 3 is 1.64 bits per heavy atom. The van der Waals surface area contributed by atoms with Gasteiger partial charge in [-0.3, -0.25) is 0 Å². The maximum Gasteiger partial charge on any atom is -0.0241 e. The van der Waals surface area contributed by atoms with Crippen molar-refractivity contribution in [2.45, 2.75) is 85.0 Å². The Labute approximate surface area is 91.5 Å². The van der Waals surface area contributed by atoms with E-state index in [-0.39, 0.29) is 0 Å². The van der Waals surface area contributed by atoms with Gasteiger partial charge < -0.3 is 0 Å². The van der Waals surface area contributed by atoms with E-state index in [1.165, 1.54) is 64.2 Å². The molecule has 0 spiro atoms. The number of rotatable bonds is 10. The van der Waals surface area contributed by atoms with Crippen LogP contribution in [-0.4, -0.2) is 0 Å². The fraction of sp³-hybridized carbons (Fsp3) is 0.929. The first-order valence-corrected chi connectivity index (χ1v) is 6.68. The van der Waals surface area contributed by atoms with Gasteiger partial charge in [0, 0.05) is 0 Å². The Balaban J connectivity index is 3.30. The van der Waals surface area contributed by atoms with Crippen LogP contribution in [0.4, 0.5) is 0 Å². The minimum Gasteiger partial charge on any atom is -0.0654 e. The zero-order valence-electron chi connectivity index (χ0n) is 10.6. The lowest BCUT2D eigenvalue weighted by Gasteiger charge is -2.13. The minimum atomic E-state index is 1.34. The second-order valence-corrected chi connectivity index (χ2v) is 4.41. The lowest BCUT2D eigenvalue weighted by molar-refractivity contribution is 0.563. The van der Waals surface area contributed by atoms with Crippen LogP contribution < -0.4 is 0 Å². The fourth-order valence-electron chi connectivity index (χ4n) is 2.06. The highest BCUT2D eigenvalue weighted by Gasteiger charge is 2.06. The molecule has 0 aliphatic carbocycles. The summed E-state index contributed by atoms with van der Waals surface area (Å²) in [6.45, 7) is 6.88. The van der Waals surface area contributed by atoms with Gasteiger partial charge in [-0.2, -0.15) is 0 Å². The number of hydrogen-bond donors (Lipinski definition) is 0. The van der Waals surface area contributed by atoms with Crippen LogP contribution in [0.5, 0.6) is 0 Å². The van der Waals surface area contributed by atoms with Crippen molar-refractivity contribution in [1.82, 2.24) is 0 Å². The van der Waals surface area contributed by atoms with Crippen LogP contribution in [0.1, 0.15) is 85.0 Å². The standard InChI is InChI=1S/C14H29/c1-4-7-8-9-10-13-14(11-5-2)12-6-3/h4-13H2,1-3H3. The van der Waals surface area contributed by atoms with E-state index in [1.807, 2.05) is 5.92 Å². The Hall–Kier alpha value is 0. The molecule has 0 nitrogen and oxygen atoms in total. The van der Waals surface area contributed by atoms with Crippen LogP contribution in [0, 0.1) is 5.92 Å². The zero-order chi connectivity index (χ0) is 10.6. The van der Waals surface area contributed by atoms with Crippen molar-refractivity contribution in [3.05, 3.63) is 5.92 Å². The van der Waals surface area contributed by atoms with Crippen LogP contribution in [0.25, 0.3) is 0 Å². The van der Waals surface area contributed by atoms with Crippen molar-refractivity contribution in [2.24, 2.45) is 0 Å². The Kier molecular flexibility index (Phi) is 11.1. The summed E-state index contributed by atoms with van der Waals surface area (Å²) in [4.78, 5) is 0. The number of unbranched alkanes of at least 4 members (excludes halogenated alkanes) is 4. The summed E-state index contributed by atoms with van der Waals surface area (Å²) >= 11 is 0. The molecule has 1 radical (unpaired) electrons. The van der Waals surface area contributed by atoms with Crippen molar-refractivity contribution in [3.8, 4) is 0 Å². The molecule has 0 bridgehead atoms. The average molecular weight is 197 g/mol. The van der Waals surface area contributed by atoms with E-state index in [2.05, 4.69) is 20.8 Å². The van der Waals surface area contributed by atoms with Crippen molar-refractivity contribution in [1.29, 1.82) is 0 Å². The van der Waals surface area contributed by atoms with Crippen LogP contribution in [0.3, 0.4) is 0 Å². The van der Waals surface area contributed by atoms with E-state index in [9.17, 15) is 0 Å². The van der Waals surface area contributed by atoms with Crippen LogP contribution in [-0.2, 0) is 0 Å². The number of hydrogen-bond acceptors (Lipinski definition) is 0. The first-order chi connectivity index (χ1) is 6.85. The van der Waals surface area contributed by atoms with E-state index in [0.29, 0.717) is 0 Å². The highest BCUT2D eigenvalue weighted by atomic mass is 14.1. The molecule has 0 rings (SSSR count). The van der Waals surface area contributed by atoms with Gasteiger partial charge in [0.05, 0.1) is 0 Å². The van der Waals surface area contributed by atoms with E-state index < -0.39 is 0 Å². The third kappa shape index (κ3) is 8.59. The maximum absolute atomic E-state index is 2.30. The molecule has 0 amide bonds. The first kappa shape index (κ1) is 14.0. The summed E-state index contributed by atoms with van der Waals surface area (Å²) in [5, 5.41) is 0. The predicted octanol–water partition coefficient (Wildman–Crippen LogP) is 5.52. The molecule has 14 heavy (non-hydrogen) atoms.